The molecule has 0 N–H and O–H groups in total. The summed E-state index contributed by atoms with van der Waals surface area (Å²) in [6, 6.07) is 9.39. The Morgan fingerprint density at radius 3 is 2.22 bits per heavy atom. The topological polar surface area (TPSA) is 65.0 Å². The molecule has 1 aromatic carbocycles. The second-order valence-corrected chi connectivity index (χ2v) is 8.54. The minimum absolute atomic E-state index is 0.245. The molecule has 4 rings (SSSR count). The second-order valence-electron chi connectivity index (χ2n) is 8.13. The molecule has 32 heavy (non-hydrogen) atoms. The number of nitrogens with zero attached hydrogens (tertiary/aromatic N) is 6. The monoisotopic (exact) mass is 458 g/mol. The van der Waals surface area contributed by atoms with Crippen molar-refractivity contribution < 1.29 is 9.53 Å². The molecule has 3 heterocycles. The summed E-state index contributed by atoms with van der Waals surface area (Å²) in [5.74, 6) is 1.73. The fourth-order valence-corrected chi connectivity index (χ4v) is 4.30. The van der Waals surface area contributed by atoms with Gasteiger partial charge in [-0.2, -0.15) is 0 Å². The first-order chi connectivity index (χ1) is 15.7. The number of rotatable bonds is 8. The van der Waals surface area contributed by atoms with Gasteiger partial charge in [-0.05, 0) is 18.2 Å². The van der Waals surface area contributed by atoms with Crippen LogP contribution in [0.15, 0.2) is 42.7 Å². The van der Waals surface area contributed by atoms with Gasteiger partial charge < -0.3 is 19.4 Å². The van der Waals surface area contributed by atoms with Crippen LogP contribution in [0.4, 0.5) is 5.95 Å². The Morgan fingerprint density at radius 2 is 1.53 bits per heavy atom. The largest absolute Gasteiger partial charge is 0.491 e. The van der Waals surface area contributed by atoms with Crippen molar-refractivity contribution in [2.24, 2.45) is 0 Å². The van der Waals surface area contributed by atoms with E-state index < -0.39 is 0 Å². The van der Waals surface area contributed by atoms with E-state index in [2.05, 4.69) is 24.7 Å². The van der Waals surface area contributed by atoms with Gasteiger partial charge in [-0.1, -0.05) is 23.7 Å². The van der Waals surface area contributed by atoms with Gasteiger partial charge in [-0.3, -0.25) is 9.69 Å². The molecule has 1 amide bonds. The normalized spacial score (nSPS) is 18.0. The van der Waals surface area contributed by atoms with E-state index in [-0.39, 0.29) is 5.91 Å². The highest BCUT2D eigenvalue weighted by Gasteiger charge is 2.23. The van der Waals surface area contributed by atoms with Gasteiger partial charge in [0.1, 0.15) is 12.4 Å². The van der Waals surface area contributed by atoms with Crippen LogP contribution < -0.4 is 9.64 Å². The second kappa shape index (κ2) is 11.4. The van der Waals surface area contributed by atoms with E-state index in [1.165, 1.54) is 0 Å². The first-order valence-electron chi connectivity index (χ1n) is 11.3. The Hall–Kier alpha value is -2.42. The van der Waals surface area contributed by atoms with Gasteiger partial charge in [-0.15, -0.1) is 0 Å². The lowest BCUT2D eigenvalue weighted by molar-refractivity contribution is -0.131. The molecule has 9 heteroatoms. The van der Waals surface area contributed by atoms with E-state index in [0.29, 0.717) is 18.1 Å². The molecule has 0 radical (unpaired) electrons. The van der Waals surface area contributed by atoms with Crippen molar-refractivity contribution in [3.8, 4) is 5.75 Å². The maximum absolute atomic E-state index is 12.7. The van der Waals surface area contributed by atoms with Gasteiger partial charge in [0.15, 0.2) is 0 Å². The van der Waals surface area contributed by atoms with Gasteiger partial charge in [0.05, 0.1) is 5.02 Å². The molecule has 0 spiro atoms. The van der Waals surface area contributed by atoms with Crippen LogP contribution in [0.2, 0.25) is 5.02 Å². The maximum Gasteiger partial charge on any atom is 0.225 e. The van der Waals surface area contributed by atoms with Crippen molar-refractivity contribution in [3.05, 3.63) is 47.7 Å². The molecule has 2 aliphatic heterocycles. The predicted octanol–water partition coefficient (Wildman–Crippen LogP) is 1.87. The fourth-order valence-electron chi connectivity index (χ4n) is 4.11. The molecule has 0 atom stereocenters. The smallest absolute Gasteiger partial charge is 0.225 e. The number of carbonyl (C=O) groups excluding carboxylic acids is 1. The maximum atomic E-state index is 12.7. The fraction of sp³-hybridized carbons (Fsp3) is 0.522. The average molecular weight is 459 g/mol. The van der Waals surface area contributed by atoms with Crippen molar-refractivity contribution in [3.63, 3.8) is 0 Å². The summed E-state index contributed by atoms with van der Waals surface area (Å²) < 4.78 is 5.80. The number of para-hydroxylation sites is 1. The zero-order chi connectivity index (χ0) is 22.2. The van der Waals surface area contributed by atoms with Crippen LogP contribution in [0, 0.1) is 0 Å². The number of carbonyl (C=O) groups is 1. The molecule has 2 saturated heterocycles. The molecule has 172 valence electrons. The number of amides is 1. The van der Waals surface area contributed by atoms with Gasteiger partial charge in [0, 0.05) is 84.3 Å². The number of hydrogen-bond donors (Lipinski definition) is 0. The third kappa shape index (κ3) is 6.31. The highest BCUT2D eigenvalue weighted by atomic mass is 35.5. The molecular weight excluding hydrogens is 428 g/mol. The van der Waals surface area contributed by atoms with Gasteiger partial charge in [-0.25, -0.2) is 9.97 Å². The molecule has 2 fully saturated rings. The summed E-state index contributed by atoms with van der Waals surface area (Å²) in [5, 5.41) is 0.650. The van der Waals surface area contributed by atoms with Crippen molar-refractivity contribution in [1.82, 2.24) is 24.7 Å². The van der Waals surface area contributed by atoms with Crippen molar-refractivity contribution in [1.29, 1.82) is 0 Å². The van der Waals surface area contributed by atoms with Crippen LogP contribution in [0.3, 0.4) is 0 Å². The standard InChI is InChI=1S/C23H31ClN6O2/c24-20-4-1-2-5-21(20)32-19-18-28-12-10-27(11-13-28)9-6-22(31)29-14-16-30(17-15-29)23-25-7-3-8-26-23/h1-5,7-8H,6,9-19H2. The van der Waals surface area contributed by atoms with Gasteiger partial charge >= 0.3 is 0 Å². The molecule has 8 nitrogen and oxygen atoms in total. The Labute approximate surface area is 194 Å². The predicted molar refractivity (Wildman–Crippen MR) is 125 cm³/mol. The highest BCUT2D eigenvalue weighted by molar-refractivity contribution is 6.32. The lowest BCUT2D eigenvalue weighted by Crippen LogP contribution is -2.51. The van der Waals surface area contributed by atoms with Crippen molar-refractivity contribution in [2.75, 3.05) is 77.0 Å². The van der Waals surface area contributed by atoms with E-state index >= 15 is 0 Å². The van der Waals surface area contributed by atoms with E-state index in [9.17, 15) is 4.79 Å². The summed E-state index contributed by atoms with van der Waals surface area (Å²) >= 11 is 6.13. The zero-order valence-electron chi connectivity index (χ0n) is 18.4. The molecule has 2 aliphatic rings. The molecule has 0 saturated carbocycles. The lowest BCUT2D eigenvalue weighted by Gasteiger charge is -2.36. The third-order valence-corrected chi connectivity index (χ3v) is 6.39. The minimum atomic E-state index is 0.245. The van der Waals surface area contributed by atoms with E-state index in [1.807, 2.05) is 35.2 Å². The number of halogens is 1. The molecule has 2 aromatic rings. The summed E-state index contributed by atoms with van der Waals surface area (Å²) in [7, 11) is 0. The molecule has 0 aliphatic carbocycles. The third-order valence-electron chi connectivity index (χ3n) is 6.08. The average Bonchev–Trinajstić information content (AvgIpc) is 2.85. The van der Waals surface area contributed by atoms with E-state index in [4.69, 9.17) is 16.3 Å². The Balaban J connectivity index is 1.10. The number of piperazine rings is 2. The SMILES string of the molecule is O=C(CCN1CCN(CCOc2ccccc2Cl)CC1)N1CCN(c2ncccn2)CC1. The first kappa shape index (κ1) is 22.8. The summed E-state index contributed by atoms with van der Waals surface area (Å²) in [4.78, 5) is 30.2. The lowest BCUT2D eigenvalue weighted by atomic mass is 10.2. The quantitative estimate of drug-likeness (QED) is 0.598. The number of ether oxygens (including phenoxy) is 1. The van der Waals surface area contributed by atoms with Crippen molar-refractivity contribution in [2.45, 2.75) is 6.42 Å². The van der Waals surface area contributed by atoms with Crippen LogP contribution in [0.5, 0.6) is 5.75 Å². The summed E-state index contributed by atoms with van der Waals surface area (Å²) in [5.41, 5.74) is 0. The minimum Gasteiger partial charge on any atom is -0.491 e. The first-order valence-corrected chi connectivity index (χ1v) is 11.7. The van der Waals surface area contributed by atoms with Crippen LogP contribution in [0.25, 0.3) is 0 Å². The van der Waals surface area contributed by atoms with Crippen LogP contribution in [-0.4, -0.2) is 103 Å². The number of aromatic nitrogens is 2. The van der Waals surface area contributed by atoms with Crippen LogP contribution in [-0.2, 0) is 4.79 Å². The van der Waals surface area contributed by atoms with Crippen LogP contribution in [0.1, 0.15) is 6.42 Å². The summed E-state index contributed by atoms with van der Waals surface area (Å²) in [6.45, 7) is 9.32. The Kier molecular flexibility index (Phi) is 8.14. The van der Waals surface area contributed by atoms with Gasteiger partial charge in [0.2, 0.25) is 11.9 Å². The molecular formula is C23H31ClN6O2. The van der Waals surface area contributed by atoms with E-state index in [1.54, 1.807) is 12.4 Å². The summed E-state index contributed by atoms with van der Waals surface area (Å²) in [6.07, 6.45) is 4.09. The Bertz CT molecular complexity index is 855. The zero-order valence-corrected chi connectivity index (χ0v) is 19.2. The number of anilines is 1. The highest BCUT2D eigenvalue weighted by Crippen LogP contribution is 2.23. The van der Waals surface area contributed by atoms with Crippen molar-refractivity contribution >= 4 is 23.5 Å². The van der Waals surface area contributed by atoms with Crippen LogP contribution >= 0.6 is 11.6 Å². The number of benzene rings is 1. The number of hydrogen-bond acceptors (Lipinski definition) is 7. The van der Waals surface area contributed by atoms with E-state index in [0.717, 1.165) is 77.1 Å². The molecule has 0 bridgehead atoms. The molecule has 1 aromatic heterocycles. The Morgan fingerprint density at radius 1 is 0.875 bits per heavy atom. The molecule has 0 unspecified atom stereocenters. The van der Waals surface area contributed by atoms with Gasteiger partial charge in [0.25, 0.3) is 0 Å².